The van der Waals surface area contributed by atoms with Crippen LogP contribution >= 0.6 is 0 Å². The third kappa shape index (κ3) is 8.15. The van der Waals surface area contributed by atoms with Crippen LogP contribution in [-0.4, -0.2) is 26.0 Å². The number of rotatable bonds is 10. The van der Waals surface area contributed by atoms with E-state index < -0.39 is 21.7 Å². The van der Waals surface area contributed by atoms with Crippen molar-refractivity contribution < 1.29 is 18.3 Å². The van der Waals surface area contributed by atoms with Gasteiger partial charge in [-0.2, -0.15) is 0 Å². The Morgan fingerprint density at radius 2 is 1.91 bits per heavy atom. The van der Waals surface area contributed by atoms with Crippen LogP contribution < -0.4 is 10.0 Å². The maximum absolute atomic E-state index is 12.5. The monoisotopic (exact) mass is 492 g/mol. The Morgan fingerprint density at radius 3 is 2.57 bits per heavy atom. The Morgan fingerprint density at radius 1 is 1.17 bits per heavy atom. The van der Waals surface area contributed by atoms with Crippen molar-refractivity contribution in [3.05, 3.63) is 125 Å². The number of aliphatic hydroxyl groups excluding tert-OH is 1. The van der Waals surface area contributed by atoms with E-state index in [1.165, 1.54) is 12.1 Å². The molecular formula is C28H32N2O4S. The molecule has 2 rings (SSSR count). The van der Waals surface area contributed by atoms with Crippen LogP contribution in [0.25, 0.3) is 0 Å². The van der Waals surface area contributed by atoms with Gasteiger partial charge >= 0.3 is 0 Å². The number of carbonyl (C=O) groups excluding carboxylic acids is 1. The molecule has 0 radical (unpaired) electrons. The second kappa shape index (κ2) is 13.2. The van der Waals surface area contributed by atoms with Gasteiger partial charge in [0.1, 0.15) is 0 Å². The smallest absolute Gasteiger partial charge is 0.299 e. The van der Waals surface area contributed by atoms with Gasteiger partial charge in [-0.1, -0.05) is 73.4 Å². The van der Waals surface area contributed by atoms with Gasteiger partial charge in [-0.25, -0.2) is 13.1 Å². The molecule has 0 heterocycles. The average Bonchev–Trinajstić information content (AvgIpc) is 3.07. The van der Waals surface area contributed by atoms with E-state index in [9.17, 15) is 18.3 Å². The van der Waals surface area contributed by atoms with Crippen LogP contribution in [0.15, 0.2) is 125 Å². The third-order valence-electron chi connectivity index (χ3n) is 5.21. The molecule has 0 atom stereocenters. The van der Waals surface area contributed by atoms with Crippen LogP contribution in [-0.2, 0) is 14.8 Å². The molecule has 3 N–H and O–H groups in total. The Balaban J connectivity index is 2.07. The molecule has 1 aliphatic carbocycles. The highest BCUT2D eigenvalue weighted by Gasteiger charge is 2.21. The van der Waals surface area contributed by atoms with Gasteiger partial charge in [0, 0.05) is 18.7 Å². The fourth-order valence-corrected chi connectivity index (χ4v) is 4.47. The third-order valence-corrected chi connectivity index (χ3v) is 6.70. The van der Waals surface area contributed by atoms with E-state index in [2.05, 4.69) is 24.0 Å². The van der Waals surface area contributed by atoms with Gasteiger partial charge in [0.25, 0.3) is 15.9 Å². The van der Waals surface area contributed by atoms with E-state index in [0.29, 0.717) is 24.1 Å². The fourth-order valence-electron chi connectivity index (χ4n) is 3.26. The maximum Gasteiger partial charge on any atom is 0.299 e. The van der Waals surface area contributed by atoms with Crippen molar-refractivity contribution in [2.75, 3.05) is 6.54 Å². The standard InChI is InChI=1S/C28H32N2O4S/c1-5-8-13-23(7-3)24-14-11-15-25(18-17-24)29-20-22(6-2)19-26(31)28(32)30-35(33,34)27-16-10-9-12-21(27)4/h5-14,16-19,29,31H,1,15,20H2,2-4H3,(H,30,32)/b13-8-,22-6-,23-7+,26-19-. The van der Waals surface area contributed by atoms with E-state index in [-0.39, 0.29) is 4.90 Å². The number of aliphatic hydroxyl groups is 1. The van der Waals surface area contributed by atoms with Crippen molar-refractivity contribution in [3.8, 4) is 0 Å². The van der Waals surface area contributed by atoms with Crippen molar-refractivity contribution in [1.82, 2.24) is 10.0 Å². The minimum absolute atomic E-state index is 0.0177. The van der Waals surface area contributed by atoms with Crippen molar-refractivity contribution in [1.29, 1.82) is 0 Å². The molecule has 1 aromatic carbocycles. The second-order valence-electron chi connectivity index (χ2n) is 7.71. The van der Waals surface area contributed by atoms with E-state index >= 15 is 0 Å². The zero-order valence-corrected chi connectivity index (χ0v) is 21.1. The lowest BCUT2D eigenvalue weighted by Gasteiger charge is -2.11. The van der Waals surface area contributed by atoms with Gasteiger partial charge in [0.2, 0.25) is 0 Å². The number of hydrogen-bond donors (Lipinski definition) is 3. The molecular weight excluding hydrogens is 460 g/mol. The molecule has 0 spiro atoms. The largest absolute Gasteiger partial charge is 0.503 e. The topological polar surface area (TPSA) is 95.5 Å². The molecule has 0 aliphatic heterocycles. The highest BCUT2D eigenvalue weighted by Crippen LogP contribution is 2.18. The fraction of sp³-hybridized carbons (Fsp3) is 0.179. The molecule has 1 aromatic rings. The molecule has 6 nitrogen and oxygen atoms in total. The Bertz CT molecular complexity index is 1270. The lowest BCUT2D eigenvalue weighted by molar-refractivity contribution is -0.118. The number of allylic oxidation sites excluding steroid dienone is 11. The number of carbonyl (C=O) groups is 1. The van der Waals surface area contributed by atoms with Gasteiger partial charge in [-0.15, -0.1) is 0 Å². The zero-order valence-electron chi connectivity index (χ0n) is 20.3. The van der Waals surface area contributed by atoms with Crippen molar-refractivity contribution >= 4 is 15.9 Å². The highest BCUT2D eigenvalue weighted by atomic mass is 32.2. The lowest BCUT2D eigenvalue weighted by atomic mass is 10.0. The molecule has 184 valence electrons. The Kier molecular flexibility index (Phi) is 10.3. The minimum Gasteiger partial charge on any atom is -0.503 e. The zero-order chi connectivity index (χ0) is 25.8. The van der Waals surface area contributed by atoms with Gasteiger partial charge in [0.05, 0.1) is 4.90 Å². The van der Waals surface area contributed by atoms with Crippen molar-refractivity contribution in [2.24, 2.45) is 0 Å². The van der Waals surface area contributed by atoms with Crippen molar-refractivity contribution in [3.63, 3.8) is 0 Å². The predicted octanol–water partition coefficient (Wildman–Crippen LogP) is 5.24. The molecule has 0 bridgehead atoms. The predicted molar refractivity (Wildman–Crippen MR) is 142 cm³/mol. The summed E-state index contributed by atoms with van der Waals surface area (Å²) < 4.78 is 26.9. The lowest BCUT2D eigenvalue weighted by Crippen LogP contribution is -2.32. The van der Waals surface area contributed by atoms with E-state index in [4.69, 9.17) is 0 Å². The summed E-state index contributed by atoms with van der Waals surface area (Å²) >= 11 is 0. The van der Waals surface area contributed by atoms with Gasteiger partial charge < -0.3 is 10.4 Å². The summed E-state index contributed by atoms with van der Waals surface area (Å²) in [5.41, 5.74) is 4.21. The number of sulfonamides is 1. The second-order valence-corrected chi connectivity index (χ2v) is 9.36. The van der Waals surface area contributed by atoms with Crippen LogP contribution in [0.5, 0.6) is 0 Å². The van der Waals surface area contributed by atoms with E-state index in [1.54, 1.807) is 44.2 Å². The first-order valence-electron chi connectivity index (χ1n) is 11.2. The summed E-state index contributed by atoms with van der Waals surface area (Å²) in [6.45, 7) is 9.42. The SMILES string of the molecule is C=C/C=C\C(=C/C)C1=CC=C(NCC(=C\C)/C=C(\O)C(=O)NS(=O)(=O)c2ccccc2C)CC=C1. The van der Waals surface area contributed by atoms with Crippen LogP contribution in [0.2, 0.25) is 0 Å². The van der Waals surface area contributed by atoms with Crippen LogP contribution in [0.3, 0.4) is 0 Å². The average molecular weight is 493 g/mol. The van der Waals surface area contributed by atoms with Crippen LogP contribution in [0, 0.1) is 6.92 Å². The quantitative estimate of drug-likeness (QED) is 0.236. The number of amides is 1. The summed E-state index contributed by atoms with van der Waals surface area (Å²) in [5.74, 6) is -1.79. The summed E-state index contributed by atoms with van der Waals surface area (Å²) in [6, 6.07) is 6.30. The van der Waals surface area contributed by atoms with Crippen molar-refractivity contribution in [2.45, 2.75) is 32.1 Å². The molecule has 0 saturated heterocycles. The number of benzene rings is 1. The van der Waals surface area contributed by atoms with Gasteiger partial charge in [-0.3, -0.25) is 4.79 Å². The molecule has 1 aliphatic rings. The first-order chi connectivity index (χ1) is 16.7. The summed E-state index contributed by atoms with van der Waals surface area (Å²) in [7, 11) is -4.11. The molecule has 0 aromatic heterocycles. The van der Waals surface area contributed by atoms with E-state index in [0.717, 1.165) is 16.8 Å². The molecule has 0 saturated carbocycles. The summed E-state index contributed by atoms with van der Waals surface area (Å²) in [5, 5.41) is 13.5. The number of nitrogens with one attached hydrogen (secondary N) is 2. The van der Waals surface area contributed by atoms with Gasteiger partial charge in [0.15, 0.2) is 5.76 Å². The highest BCUT2D eigenvalue weighted by molar-refractivity contribution is 7.90. The number of aryl methyl sites for hydroxylation is 1. The summed E-state index contributed by atoms with van der Waals surface area (Å²) in [4.78, 5) is 12.3. The van der Waals surface area contributed by atoms with E-state index in [1.807, 2.05) is 42.0 Å². The molecule has 7 heteroatoms. The molecule has 35 heavy (non-hydrogen) atoms. The number of hydrogen-bond acceptors (Lipinski definition) is 5. The summed E-state index contributed by atoms with van der Waals surface area (Å²) in [6.07, 6.45) is 19.4. The molecule has 0 unspecified atom stereocenters. The Hall–Kier alpha value is -3.84. The normalized spacial score (nSPS) is 15.3. The maximum atomic E-state index is 12.5. The first kappa shape index (κ1) is 27.4. The van der Waals surface area contributed by atoms with Crippen LogP contribution in [0.1, 0.15) is 25.8 Å². The first-order valence-corrected chi connectivity index (χ1v) is 12.7. The Labute approximate surface area is 208 Å². The molecule has 1 amide bonds. The van der Waals surface area contributed by atoms with Gasteiger partial charge in [-0.05, 0) is 61.3 Å². The molecule has 0 fully saturated rings. The minimum atomic E-state index is -4.11. The van der Waals surface area contributed by atoms with Crippen LogP contribution in [0.4, 0.5) is 0 Å².